The topological polar surface area (TPSA) is 71.8 Å². The molecule has 0 spiro atoms. The zero-order valence-corrected chi connectivity index (χ0v) is 7.29. The van der Waals surface area contributed by atoms with Gasteiger partial charge in [0.1, 0.15) is 5.82 Å². The molecule has 1 unspecified atom stereocenters. The van der Waals surface area contributed by atoms with Crippen LogP contribution in [0.25, 0.3) is 0 Å². The lowest BCUT2D eigenvalue weighted by molar-refractivity contribution is 0.0928. The van der Waals surface area contributed by atoms with Crippen molar-refractivity contribution >= 4 is 11.6 Å². The van der Waals surface area contributed by atoms with Crippen molar-refractivity contribution in [2.45, 2.75) is 20.3 Å². The highest BCUT2D eigenvalue weighted by molar-refractivity contribution is 6.01. The molecule has 1 rings (SSSR count). The van der Waals surface area contributed by atoms with Gasteiger partial charge in [-0.25, -0.2) is 0 Å². The van der Waals surface area contributed by atoms with E-state index in [0.717, 1.165) is 6.42 Å². The van der Waals surface area contributed by atoms with Crippen LogP contribution in [0.5, 0.6) is 0 Å². The highest BCUT2D eigenvalue weighted by atomic mass is 16.1. The molecule has 66 valence electrons. The molecule has 3 N–H and O–H groups in total. The fourth-order valence-electron chi connectivity index (χ4n) is 0.943. The maximum absolute atomic E-state index is 11.5. The summed E-state index contributed by atoms with van der Waals surface area (Å²) in [6.45, 7) is 3.85. The Morgan fingerprint density at radius 3 is 2.92 bits per heavy atom. The fourth-order valence-corrected chi connectivity index (χ4v) is 0.943. The van der Waals surface area contributed by atoms with Gasteiger partial charge in [0, 0.05) is 5.92 Å². The zero-order valence-electron chi connectivity index (χ0n) is 7.29. The van der Waals surface area contributed by atoms with E-state index in [2.05, 4.69) is 10.2 Å². The molecule has 0 fully saturated rings. The van der Waals surface area contributed by atoms with E-state index in [1.54, 1.807) is 0 Å². The number of carbonyl (C=O) groups excluding carboxylic acids is 1. The molecule has 0 aliphatic heterocycles. The zero-order chi connectivity index (χ0) is 9.14. The molecule has 1 heterocycles. The van der Waals surface area contributed by atoms with Crippen LogP contribution in [0.2, 0.25) is 0 Å². The smallest absolute Gasteiger partial charge is 0.170 e. The third kappa shape index (κ3) is 1.47. The standard InChI is InChI=1S/C8H13N3O/c1-3-5(2)7(12)6-4-10-11-8(6)9/h4-5H,3H2,1-2H3,(H3,9,10,11). The number of nitrogens with zero attached hydrogens (tertiary/aromatic N) is 1. The second kappa shape index (κ2) is 3.38. The first-order chi connectivity index (χ1) is 5.66. The fraction of sp³-hybridized carbons (Fsp3) is 0.500. The van der Waals surface area contributed by atoms with Gasteiger partial charge in [0.2, 0.25) is 0 Å². The molecule has 1 aromatic rings. The van der Waals surface area contributed by atoms with Crippen molar-refractivity contribution in [2.75, 3.05) is 5.73 Å². The Balaban J connectivity index is 2.85. The van der Waals surface area contributed by atoms with Crippen molar-refractivity contribution in [2.24, 2.45) is 5.92 Å². The number of aromatic nitrogens is 2. The Hall–Kier alpha value is -1.32. The molecule has 4 heteroatoms. The van der Waals surface area contributed by atoms with Crippen LogP contribution < -0.4 is 5.73 Å². The van der Waals surface area contributed by atoms with Gasteiger partial charge < -0.3 is 5.73 Å². The lowest BCUT2D eigenvalue weighted by Gasteiger charge is -2.04. The van der Waals surface area contributed by atoms with E-state index < -0.39 is 0 Å². The first-order valence-electron chi connectivity index (χ1n) is 3.99. The SMILES string of the molecule is CCC(C)C(=O)c1cn[nH]c1N. The normalized spacial score (nSPS) is 12.8. The van der Waals surface area contributed by atoms with Gasteiger partial charge in [0.25, 0.3) is 0 Å². The molecule has 4 nitrogen and oxygen atoms in total. The van der Waals surface area contributed by atoms with Gasteiger partial charge in [-0.2, -0.15) is 5.10 Å². The van der Waals surface area contributed by atoms with Gasteiger partial charge in [-0.15, -0.1) is 0 Å². The second-order valence-corrected chi connectivity index (χ2v) is 2.87. The Kier molecular flexibility index (Phi) is 2.47. The molecule has 1 atom stereocenters. The average Bonchev–Trinajstić information content (AvgIpc) is 2.48. The van der Waals surface area contributed by atoms with Crippen LogP contribution in [-0.2, 0) is 0 Å². The number of ketones is 1. The van der Waals surface area contributed by atoms with E-state index in [-0.39, 0.29) is 11.7 Å². The van der Waals surface area contributed by atoms with Crippen molar-refractivity contribution in [3.63, 3.8) is 0 Å². The molecule has 0 bridgehead atoms. The summed E-state index contributed by atoms with van der Waals surface area (Å²) in [6.07, 6.45) is 2.30. The number of nitrogen functional groups attached to an aromatic ring is 1. The van der Waals surface area contributed by atoms with Crippen LogP contribution in [-0.4, -0.2) is 16.0 Å². The monoisotopic (exact) mass is 167 g/mol. The molecule has 0 aliphatic rings. The van der Waals surface area contributed by atoms with Crippen LogP contribution in [0.4, 0.5) is 5.82 Å². The van der Waals surface area contributed by atoms with Crippen LogP contribution >= 0.6 is 0 Å². The number of H-pyrrole nitrogens is 1. The highest BCUT2D eigenvalue weighted by Crippen LogP contribution is 2.14. The third-order valence-corrected chi connectivity index (χ3v) is 1.99. The summed E-state index contributed by atoms with van der Waals surface area (Å²) in [5.74, 6) is 0.439. The second-order valence-electron chi connectivity index (χ2n) is 2.87. The van der Waals surface area contributed by atoms with Crippen LogP contribution in [0.15, 0.2) is 6.20 Å². The Bertz CT molecular complexity index is 280. The Labute approximate surface area is 71.2 Å². The summed E-state index contributed by atoms with van der Waals surface area (Å²) >= 11 is 0. The Morgan fingerprint density at radius 1 is 1.83 bits per heavy atom. The van der Waals surface area contributed by atoms with Gasteiger partial charge >= 0.3 is 0 Å². The summed E-state index contributed by atoms with van der Waals surface area (Å²) in [5.41, 5.74) is 6.00. The molecule has 0 saturated carbocycles. The number of aromatic amines is 1. The molecular formula is C8H13N3O. The summed E-state index contributed by atoms with van der Waals surface area (Å²) in [5, 5.41) is 6.22. The van der Waals surface area contributed by atoms with Gasteiger partial charge in [-0.3, -0.25) is 9.89 Å². The third-order valence-electron chi connectivity index (χ3n) is 1.99. The maximum Gasteiger partial charge on any atom is 0.170 e. The van der Waals surface area contributed by atoms with Crippen molar-refractivity contribution < 1.29 is 4.79 Å². The Morgan fingerprint density at radius 2 is 2.50 bits per heavy atom. The minimum absolute atomic E-state index is 0.0184. The average molecular weight is 167 g/mol. The van der Waals surface area contributed by atoms with E-state index in [9.17, 15) is 4.79 Å². The quantitative estimate of drug-likeness (QED) is 0.665. The molecular weight excluding hydrogens is 154 g/mol. The molecule has 0 aliphatic carbocycles. The van der Waals surface area contributed by atoms with Crippen molar-refractivity contribution in [3.05, 3.63) is 11.8 Å². The van der Waals surface area contributed by atoms with E-state index in [1.807, 2.05) is 13.8 Å². The minimum atomic E-state index is 0.0184. The van der Waals surface area contributed by atoms with Crippen LogP contribution in [0.3, 0.4) is 0 Å². The van der Waals surface area contributed by atoms with Crippen LogP contribution in [0.1, 0.15) is 30.6 Å². The van der Waals surface area contributed by atoms with Crippen molar-refractivity contribution in [1.29, 1.82) is 0 Å². The lowest BCUT2D eigenvalue weighted by Crippen LogP contribution is -2.11. The van der Waals surface area contributed by atoms with Gasteiger partial charge in [-0.05, 0) is 6.42 Å². The first-order valence-corrected chi connectivity index (χ1v) is 3.99. The minimum Gasteiger partial charge on any atom is -0.383 e. The van der Waals surface area contributed by atoms with Gasteiger partial charge in [-0.1, -0.05) is 13.8 Å². The number of hydrogen-bond acceptors (Lipinski definition) is 3. The first kappa shape index (κ1) is 8.77. The molecule has 0 aromatic carbocycles. The summed E-state index contributed by atoms with van der Waals surface area (Å²) < 4.78 is 0. The number of nitrogens with two attached hydrogens (primary N) is 1. The number of anilines is 1. The van der Waals surface area contributed by atoms with E-state index >= 15 is 0 Å². The van der Waals surface area contributed by atoms with Crippen LogP contribution in [0, 0.1) is 5.92 Å². The van der Waals surface area contributed by atoms with Crippen molar-refractivity contribution in [1.82, 2.24) is 10.2 Å². The number of carbonyl (C=O) groups is 1. The number of nitrogens with one attached hydrogen (secondary N) is 1. The van der Waals surface area contributed by atoms with Gasteiger partial charge in [0.15, 0.2) is 5.78 Å². The summed E-state index contributed by atoms with van der Waals surface area (Å²) in [4.78, 5) is 11.5. The number of rotatable bonds is 3. The number of Topliss-reactive ketones (excluding diaryl/α,β-unsaturated/α-hetero) is 1. The molecule has 0 saturated heterocycles. The summed E-state index contributed by atoms with van der Waals surface area (Å²) in [6, 6.07) is 0. The number of hydrogen-bond donors (Lipinski definition) is 2. The van der Waals surface area contributed by atoms with Crippen molar-refractivity contribution in [3.8, 4) is 0 Å². The van der Waals surface area contributed by atoms with Gasteiger partial charge in [0.05, 0.1) is 11.8 Å². The van der Waals surface area contributed by atoms with E-state index in [0.29, 0.717) is 11.4 Å². The summed E-state index contributed by atoms with van der Waals surface area (Å²) in [7, 11) is 0. The largest absolute Gasteiger partial charge is 0.383 e. The maximum atomic E-state index is 11.5. The highest BCUT2D eigenvalue weighted by Gasteiger charge is 2.16. The van der Waals surface area contributed by atoms with E-state index in [1.165, 1.54) is 6.20 Å². The predicted octanol–water partition coefficient (Wildman–Crippen LogP) is 1.22. The van der Waals surface area contributed by atoms with E-state index in [4.69, 9.17) is 5.73 Å². The molecule has 12 heavy (non-hydrogen) atoms. The molecule has 0 radical (unpaired) electrons. The predicted molar refractivity (Wildman–Crippen MR) is 46.8 cm³/mol. The molecule has 0 amide bonds. The molecule has 1 aromatic heterocycles. The lowest BCUT2D eigenvalue weighted by atomic mass is 9.99.